The first-order chi connectivity index (χ1) is 19.4. The number of nitrogens with zero attached hydrogens (tertiary/aromatic N) is 2. The number of fused-ring (bicyclic) bond motifs is 3. The van der Waals surface area contributed by atoms with Gasteiger partial charge in [0.1, 0.15) is 22.8 Å². The average Bonchev–Trinajstić information content (AvgIpc) is 2.91. The molecule has 0 heterocycles. The van der Waals surface area contributed by atoms with Crippen molar-refractivity contribution in [3.8, 4) is 16.9 Å². The molecule has 3 aliphatic carbocycles. The lowest BCUT2D eigenvalue weighted by Gasteiger charge is -2.50. The van der Waals surface area contributed by atoms with Crippen LogP contribution in [-0.4, -0.2) is 81.6 Å². The van der Waals surface area contributed by atoms with Crippen LogP contribution in [0.15, 0.2) is 53.3 Å². The molecule has 10 nitrogen and oxygen atoms in total. The number of amides is 1. The number of benzene rings is 2. The highest BCUT2D eigenvalue weighted by atomic mass is 16.3. The van der Waals surface area contributed by atoms with Crippen LogP contribution in [0.5, 0.6) is 5.75 Å². The standard InChI is InChI=1S/C31H35N3O7/c1-5-34(6-2)17-9-7-15(8-10-17)18-11-12-21(35)23-19(18)13-16-14-20-25(33(3)4)27(37)24(30(32)40)29(39)31(20,41)28(38)22(16)26(23)36/h7-12,16,20,25,35-36,39,41H,5-6,13-14H2,1-4H3,(H2,32,40)/t16?,20?,25-,31-/m0/s1. The van der Waals surface area contributed by atoms with Crippen molar-refractivity contribution in [1.82, 2.24) is 4.90 Å². The molecule has 1 amide bonds. The van der Waals surface area contributed by atoms with Crippen molar-refractivity contribution in [1.29, 1.82) is 0 Å². The Balaban J connectivity index is 1.67. The lowest BCUT2D eigenvalue weighted by atomic mass is 9.57. The molecule has 4 atom stereocenters. The second-order valence-electron chi connectivity index (χ2n) is 11.2. The molecule has 0 radical (unpaired) electrons. The largest absolute Gasteiger partial charge is 0.508 e. The van der Waals surface area contributed by atoms with Gasteiger partial charge in [0.2, 0.25) is 5.78 Å². The van der Waals surface area contributed by atoms with E-state index in [0.717, 1.165) is 29.9 Å². The number of likely N-dealkylation sites (N-methyl/N-ethyl adjacent to an activating group) is 1. The van der Waals surface area contributed by atoms with Gasteiger partial charge in [-0.15, -0.1) is 0 Å². The molecule has 6 N–H and O–H groups in total. The number of nitrogens with two attached hydrogens (primary N) is 1. The number of aliphatic hydroxyl groups is 3. The van der Waals surface area contributed by atoms with Gasteiger partial charge in [0, 0.05) is 30.3 Å². The molecule has 0 aliphatic heterocycles. The number of primary amides is 1. The monoisotopic (exact) mass is 561 g/mol. The molecule has 0 bridgehead atoms. The molecular formula is C31H35N3O7. The Morgan fingerprint density at radius 2 is 1.66 bits per heavy atom. The van der Waals surface area contributed by atoms with Crippen molar-refractivity contribution in [2.24, 2.45) is 17.6 Å². The normalized spacial score (nSPS) is 25.7. The number of rotatable bonds is 6. The minimum absolute atomic E-state index is 0.0434. The lowest BCUT2D eigenvalue weighted by Crippen LogP contribution is -2.65. The van der Waals surface area contributed by atoms with E-state index in [0.29, 0.717) is 5.56 Å². The van der Waals surface area contributed by atoms with E-state index in [4.69, 9.17) is 5.73 Å². The molecule has 1 saturated carbocycles. The van der Waals surface area contributed by atoms with Gasteiger partial charge in [-0.25, -0.2) is 0 Å². The van der Waals surface area contributed by atoms with Crippen LogP contribution in [0.3, 0.4) is 0 Å². The van der Waals surface area contributed by atoms with Crippen molar-refractivity contribution in [3.05, 3.63) is 64.4 Å². The second kappa shape index (κ2) is 10.0. The fourth-order valence-corrected chi connectivity index (χ4v) is 6.96. The van der Waals surface area contributed by atoms with E-state index in [-0.39, 0.29) is 29.7 Å². The fourth-order valence-electron chi connectivity index (χ4n) is 6.96. The topological polar surface area (TPSA) is 165 Å². The van der Waals surface area contributed by atoms with E-state index in [1.54, 1.807) is 20.2 Å². The molecule has 41 heavy (non-hydrogen) atoms. The molecule has 1 fully saturated rings. The number of Topliss-reactive ketones (excluding diaryl/α,β-unsaturated/α-hetero) is 2. The zero-order valence-corrected chi connectivity index (χ0v) is 23.5. The summed E-state index contributed by atoms with van der Waals surface area (Å²) >= 11 is 0. The van der Waals surface area contributed by atoms with Crippen LogP contribution in [0.2, 0.25) is 0 Å². The first kappa shape index (κ1) is 28.4. The van der Waals surface area contributed by atoms with Crippen LogP contribution < -0.4 is 10.6 Å². The van der Waals surface area contributed by atoms with E-state index >= 15 is 0 Å². The Labute approximate surface area is 238 Å². The second-order valence-corrected chi connectivity index (χ2v) is 11.2. The maximum absolute atomic E-state index is 14.0. The minimum atomic E-state index is -2.65. The summed E-state index contributed by atoms with van der Waals surface area (Å²) in [5.41, 5.74) is 5.13. The van der Waals surface area contributed by atoms with Crippen LogP contribution in [0.25, 0.3) is 16.9 Å². The Kier molecular flexibility index (Phi) is 6.95. The minimum Gasteiger partial charge on any atom is -0.508 e. The van der Waals surface area contributed by atoms with E-state index in [1.807, 2.05) is 24.3 Å². The number of aliphatic hydroxyl groups excluding tert-OH is 2. The highest BCUT2D eigenvalue weighted by Gasteiger charge is 2.64. The first-order valence-electron chi connectivity index (χ1n) is 13.7. The lowest BCUT2D eigenvalue weighted by molar-refractivity contribution is -0.153. The number of hydrogen-bond donors (Lipinski definition) is 5. The summed E-state index contributed by atoms with van der Waals surface area (Å²) in [6.45, 7) is 5.88. The molecule has 2 unspecified atom stereocenters. The SMILES string of the molecule is CCN(CC)c1ccc(-c2ccc(O)c3c2CC2CC4[C@H](N(C)C)C(=O)C(C(N)=O)=C(O)[C@@]4(O)C(=O)C2=C3O)cc1. The Hall–Kier alpha value is -4.15. The van der Waals surface area contributed by atoms with Crippen LogP contribution in [-0.2, 0) is 20.8 Å². The number of phenolic OH excluding ortho intramolecular Hbond substituents is 1. The van der Waals surface area contributed by atoms with Gasteiger partial charge < -0.3 is 31.1 Å². The quantitative estimate of drug-likeness (QED) is 0.333. The zero-order chi connectivity index (χ0) is 30.0. The van der Waals surface area contributed by atoms with Gasteiger partial charge in [0.05, 0.1) is 11.6 Å². The maximum atomic E-state index is 14.0. The number of hydrogen-bond acceptors (Lipinski definition) is 9. The first-order valence-corrected chi connectivity index (χ1v) is 13.7. The molecular weight excluding hydrogens is 526 g/mol. The van der Waals surface area contributed by atoms with E-state index in [1.165, 1.54) is 11.0 Å². The number of anilines is 1. The van der Waals surface area contributed by atoms with Gasteiger partial charge in [-0.2, -0.15) is 0 Å². The third-order valence-electron chi connectivity index (χ3n) is 8.91. The van der Waals surface area contributed by atoms with Crippen molar-refractivity contribution < 1.29 is 34.8 Å². The predicted molar refractivity (Wildman–Crippen MR) is 153 cm³/mol. The summed E-state index contributed by atoms with van der Waals surface area (Å²) in [4.78, 5) is 43.1. The van der Waals surface area contributed by atoms with E-state index < -0.39 is 58.0 Å². The number of ketones is 2. The molecule has 0 aromatic heterocycles. The van der Waals surface area contributed by atoms with E-state index in [9.17, 15) is 34.8 Å². The highest BCUT2D eigenvalue weighted by Crippen LogP contribution is 2.53. The summed E-state index contributed by atoms with van der Waals surface area (Å²) in [6.07, 6.45) is 0.276. The van der Waals surface area contributed by atoms with Crippen molar-refractivity contribution in [3.63, 3.8) is 0 Å². The number of aromatic hydroxyl groups is 1. The summed E-state index contributed by atoms with van der Waals surface area (Å²) < 4.78 is 0. The average molecular weight is 562 g/mol. The summed E-state index contributed by atoms with van der Waals surface area (Å²) in [6, 6.07) is 10.0. The molecule has 2 aromatic carbocycles. The number of phenols is 1. The molecule has 2 aromatic rings. The van der Waals surface area contributed by atoms with Crippen molar-refractivity contribution >= 4 is 28.9 Å². The molecule has 3 aliphatic rings. The van der Waals surface area contributed by atoms with Gasteiger partial charge in [0.15, 0.2) is 11.4 Å². The summed E-state index contributed by atoms with van der Waals surface area (Å²) in [7, 11) is 3.15. The maximum Gasteiger partial charge on any atom is 0.255 e. The zero-order valence-electron chi connectivity index (χ0n) is 23.5. The molecule has 0 saturated heterocycles. The summed E-state index contributed by atoms with van der Waals surface area (Å²) in [5.74, 6) is -6.64. The van der Waals surface area contributed by atoms with E-state index in [2.05, 4.69) is 18.7 Å². The molecule has 10 heteroatoms. The Morgan fingerprint density at radius 1 is 1.02 bits per heavy atom. The molecule has 0 spiro atoms. The van der Waals surface area contributed by atoms with Crippen LogP contribution in [0.1, 0.15) is 31.4 Å². The smallest absolute Gasteiger partial charge is 0.255 e. The van der Waals surface area contributed by atoms with Gasteiger partial charge >= 0.3 is 0 Å². The predicted octanol–water partition coefficient (Wildman–Crippen LogP) is 2.48. The highest BCUT2D eigenvalue weighted by molar-refractivity contribution is 6.24. The third-order valence-corrected chi connectivity index (χ3v) is 8.91. The number of carbonyl (C=O) groups is 3. The molecule has 216 valence electrons. The summed E-state index contributed by atoms with van der Waals surface area (Å²) in [5, 5.41) is 45.0. The Morgan fingerprint density at radius 3 is 2.22 bits per heavy atom. The van der Waals surface area contributed by atoms with Crippen LogP contribution in [0.4, 0.5) is 5.69 Å². The molecule has 5 rings (SSSR count). The van der Waals surface area contributed by atoms with Gasteiger partial charge in [-0.05, 0) is 81.6 Å². The number of carbonyl (C=O) groups excluding carboxylic acids is 3. The van der Waals surface area contributed by atoms with Gasteiger partial charge in [0.25, 0.3) is 5.91 Å². The third kappa shape index (κ3) is 4.04. The van der Waals surface area contributed by atoms with Gasteiger partial charge in [-0.3, -0.25) is 19.3 Å². The fraction of sp³-hybridized carbons (Fsp3) is 0.387. The van der Waals surface area contributed by atoms with Crippen LogP contribution in [0, 0.1) is 11.8 Å². The van der Waals surface area contributed by atoms with Gasteiger partial charge in [-0.1, -0.05) is 18.2 Å². The van der Waals surface area contributed by atoms with Crippen molar-refractivity contribution in [2.75, 3.05) is 32.1 Å². The van der Waals surface area contributed by atoms with Crippen LogP contribution >= 0.6 is 0 Å². The Bertz CT molecular complexity index is 1520. The van der Waals surface area contributed by atoms with Crippen molar-refractivity contribution in [2.45, 2.75) is 38.3 Å².